The van der Waals surface area contributed by atoms with Crippen molar-refractivity contribution in [3.05, 3.63) is 52.3 Å². The van der Waals surface area contributed by atoms with Gasteiger partial charge < -0.3 is 19.1 Å². The van der Waals surface area contributed by atoms with Crippen molar-refractivity contribution in [3.63, 3.8) is 0 Å². The molecule has 30 heavy (non-hydrogen) atoms. The maximum Gasteiger partial charge on any atom is 0.231 e. The van der Waals surface area contributed by atoms with E-state index in [1.165, 1.54) is 18.4 Å². The second-order valence-electron chi connectivity index (χ2n) is 7.81. The number of ether oxygens (including phenoxy) is 3. The molecule has 2 aromatic carbocycles. The molecule has 0 radical (unpaired) electrons. The van der Waals surface area contributed by atoms with Crippen LogP contribution < -0.4 is 14.2 Å². The van der Waals surface area contributed by atoms with Gasteiger partial charge in [0.1, 0.15) is 11.6 Å². The monoisotopic (exact) mass is 499 g/mol. The van der Waals surface area contributed by atoms with E-state index in [2.05, 4.69) is 27.8 Å². The second kappa shape index (κ2) is 10.7. The lowest BCUT2D eigenvalue weighted by Gasteiger charge is -2.39. The van der Waals surface area contributed by atoms with Crippen LogP contribution in [0, 0.1) is 11.7 Å². The first-order valence-electron chi connectivity index (χ1n) is 10.3. The minimum absolute atomic E-state index is 0. The molecule has 4 rings (SSSR count). The number of halogens is 3. The lowest BCUT2D eigenvalue weighted by Crippen LogP contribution is -2.42. The summed E-state index contributed by atoms with van der Waals surface area (Å²) in [4.78, 5) is 2.53. The zero-order valence-corrected chi connectivity index (χ0v) is 19.5. The van der Waals surface area contributed by atoms with E-state index in [-0.39, 0.29) is 25.0 Å². The Hall–Kier alpha value is -1.50. The van der Waals surface area contributed by atoms with Gasteiger partial charge in [0.15, 0.2) is 11.5 Å². The van der Waals surface area contributed by atoms with Gasteiger partial charge in [0.25, 0.3) is 0 Å². The number of unbranched alkanes of at least 4 members (excludes halogenated alkanes) is 1. The summed E-state index contributed by atoms with van der Waals surface area (Å²) in [5.41, 5.74) is 1.19. The number of fused-ring (bicyclic) bond motifs is 1. The Morgan fingerprint density at radius 1 is 1.17 bits per heavy atom. The van der Waals surface area contributed by atoms with Gasteiger partial charge in [0, 0.05) is 24.6 Å². The van der Waals surface area contributed by atoms with Gasteiger partial charge in [-0.05, 0) is 65.5 Å². The maximum atomic E-state index is 13.4. The Balaban J connectivity index is 0.00000256. The molecule has 0 N–H and O–H groups in total. The normalized spacial score (nSPS) is 20.6. The predicted octanol–water partition coefficient (Wildman–Crippen LogP) is 6.02. The molecule has 0 aliphatic carbocycles. The van der Waals surface area contributed by atoms with Crippen molar-refractivity contribution >= 4 is 28.3 Å². The van der Waals surface area contributed by atoms with E-state index < -0.39 is 0 Å². The Morgan fingerprint density at radius 2 is 1.90 bits per heavy atom. The van der Waals surface area contributed by atoms with Crippen LogP contribution in [0.4, 0.5) is 4.39 Å². The molecule has 0 bridgehead atoms. The average molecular weight is 501 g/mol. The highest BCUT2D eigenvalue weighted by molar-refractivity contribution is 9.10. The fourth-order valence-electron chi connectivity index (χ4n) is 4.22. The molecule has 2 atom stereocenters. The third kappa shape index (κ3) is 5.40. The molecule has 2 aromatic rings. The number of likely N-dealkylation sites (tertiary alicyclic amines) is 1. The first-order chi connectivity index (χ1) is 14.1. The number of hydrogen-bond acceptors (Lipinski definition) is 4. The summed E-state index contributed by atoms with van der Waals surface area (Å²) in [6, 6.07) is 10.7. The van der Waals surface area contributed by atoms with E-state index in [1.54, 1.807) is 12.1 Å². The van der Waals surface area contributed by atoms with E-state index in [0.717, 1.165) is 42.0 Å². The highest BCUT2D eigenvalue weighted by Crippen LogP contribution is 2.41. The van der Waals surface area contributed by atoms with Gasteiger partial charge >= 0.3 is 0 Å². The van der Waals surface area contributed by atoms with Crippen molar-refractivity contribution in [2.45, 2.75) is 32.1 Å². The third-order valence-electron chi connectivity index (χ3n) is 5.82. The zero-order chi connectivity index (χ0) is 20.2. The standard InChI is InChI=1S/C23H27BrFNO3.ClH/c1-2-3-9-26-10-8-19(16-4-6-18(25)7-5-16)17(13-26)14-27-21-12-23-22(11-20(21)24)28-15-29-23;/h4-7,11-12,17,19H,2-3,8-10,13-15H2,1H3;1H/t17-,19-;/m0./s1. The lowest BCUT2D eigenvalue weighted by atomic mass is 9.80. The van der Waals surface area contributed by atoms with Gasteiger partial charge in [-0.3, -0.25) is 0 Å². The number of rotatable bonds is 7. The average Bonchev–Trinajstić information content (AvgIpc) is 3.18. The Kier molecular flexibility index (Phi) is 8.26. The summed E-state index contributed by atoms with van der Waals surface area (Å²) in [6.45, 7) is 6.26. The molecule has 0 spiro atoms. The molecular formula is C23H28BrClFNO3. The summed E-state index contributed by atoms with van der Waals surface area (Å²) in [7, 11) is 0. The molecule has 0 amide bonds. The minimum Gasteiger partial charge on any atom is -0.492 e. The number of piperidine rings is 1. The van der Waals surface area contributed by atoms with Crippen molar-refractivity contribution in [3.8, 4) is 17.2 Å². The molecule has 2 heterocycles. The Labute approximate surface area is 192 Å². The molecule has 0 unspecified atom stereocenters. The minimum atomic E-state index is -0.189. The summed E-state index contributed by atoms with van der Waals surface area (Å²) in [5.74, 6) is 2.72. The van der Waals surface area contributed by atoms with Gasteiger partial charge in [-0.2, -0.15) is 0 Å². The molecule has 1 saturated heterocycles. The van der Waals surface area contributed by atoms with Crippen molar-refractivity contribution in [1.29, 1.82) is 0 Å². The molecule has 2 aliphatic rings. The largest absolute Gasteiger partial charge is 0.492 e. The van der Waals surface area contributed by atoms with Gasteiger partial charge in [-0.15, -0.1) is 12.4 Å². The zero-order valence-electron chi connectivity index (χ0n) is 17.1. The quantitative estimate of drug-likeness (QED) is 0.465. The number of hydrogen-bond donors (Lipinski definition) is 0. The smallest absolute Gasteiger partial charge is 0.231 e. The van der Waals surface area contributed by atoms with Crippen LogP contribution in [-0.2, 0) is 0 Å². The van der Waals surface area contributed by atoms with E-state index in [0.29, 0.717) is 24.2 Å². The molecule has 0 aromatic heterocycles. The fourth-order valence-corrected chi connectivity index (χ4v) is 4.65. The van der Waals surface area contributed by atoms with Gasteiger partial charge in [-0.1, -0.05) is 25.5 Å². The van der Waals surface area contributed by atoms with Crippen LogP contribution in [0.1, 0.15) is 37.7 Å². The molecular weight excluding hydrogens is 473 g/mol. The molecule has 164 valence electrons. The van der Waals surface area contributed by atoms with E-state index in [4.69, 9.17) is 14.2 Å². The number of benzene rings is 2. The van der Waals surface area contributed by atoms with Crippen LogP contribution in [0.15, 0.2) is 40.9 Å². The predicted molar refractivity (Wildman–Crippen MR) is 122 cm³/mol. The van der Waals surface area contributed by atoms with Crippen molar-refractivity contribution in [2.75, 3.05) is 33.0 Å². The first kappa shape index (κ1) is 23.2. The summed E-state index contributed by atoms with van der Waals surface area (Å²) in [6.07, 6.45) is 3.47. The van der Waals surface area contributed by atoms with Crippen molar-refractivity contribution < 1.29 is 18.6 Å². The van der Waals surface area contributed by atoms with Crippen LogP contribution in [-0.4, -0.2) is 37.9 Å². The highest BCUT2D eigenvalue weighted by atomic mass is 79.9. The van der Waals surface area contributed by atoms with Gasteiger partial charge in [-0.25, -0.2) is 4.39 Å². The van der Waals surface area contributed by atoms with E-state index in [1.807, 2.05) is 24.3 Å². The molecule has 0 saturated carbocycles. The SMILES string of the molecule is CCCCN1CC[C@@H](c2ccc(F)cc2)[C@H](COc2cc3c(cc2Br)OCO3)C1.Cl. The van der Waals surface area contributed by atoms with E-state index in [9.17, 15) is 4.39 Å². The summed E-state index contributed by atoms with van der Waals surface area (Å²) >= 11 is 3.58. The first-order valence-corrected chi connectivity index (χ1v) is 11.1. The van der Waals surface area contributed by atoms with Crippen molar-refractivity contribution in [1.82, 2.24) is 4.90 Å². The van der Waals surface area contributed by atoms with Gasteiger partial charge in [0.2, 0.25) is 6.79 Å². The fraction of sp³-hybridized carbons (Fsp3) is 0.478. The maximum absolute atomic E-state index is 13.4. The molecule has 7 heteroatoms. The number of nitrogens with zero attached hydrogens (tertiary/aromatic N) is 1. The lowest BCUT2D eigenvalue weighted by molar-refractivity contribution is 0.109. The highest BCUT2D eigenvalue weighted by Gasteiger charge is 2.31. The van der Waals surface area contributed by atoms with Crippen molar-refractivity contribution in [2.24, 2.45) is 5.92 Å². The van der Waals surface area contributed by atoms with Gasteiger partial charge in [0.05, 0.1) is 11.1 Å². The third-order valence-corrected chi connectivity index (χ3v) is 6.44. The van der Waals surface area contributed by atoms with Crippen LogP contribution >= 0.6 is 28.3 Å². The summed E-state index contributed by atoms with van der Waals surface area (Å²) in [5, 5.41) is 0. The van der Waals surface area contributed by atoms with Crippen LogP contribution in [0.3, 0.4) is 0 Å². The van der Waals surface area contributed by atoms with Crippen LogP contribution in [0.25, 0.3) is 0 Å². The van der Waals surface area contributed by atoms with E-state index >= 15 is 0 Å². The Morgan fingerprint density at radius 3 is 2.63 bits per heavy atom. The molecule has 1 fully saturated rings. The van der Waals surface area contributed by atoms with Crippen LogP contribution in [0.2, 0.25) is 0 Å². The van der Waals surface area contributed by atoms with Crippen LogP contribution in [0.5, 0.6) is 17.2 Å². The topological polar surface area (TPSA) is 30.9 Å². The Bertz CT molecular complexity index is 836. The molecule has 4 nitrogen and oxygen atoms in total. The summed E-state index contributed by atoms with van der Waals surface area (Å²) < 4.78 is 31.4. The molecule has 2 aliphatic heterocycles. The second-order valence-corrected chi connectivity index (χ2v) is 8.66.